The van der Waals surface area contributed by atoms with Crippen LogP contribution in [0.1, 0.15) is 27.2 Å². The number of para-hydroxylation sites is 1. The van der Waals surface area contributed by atoms with E-state index in [0.29, 0.717) is 22.8 Å². The average Bonchev–Trinajstić information content (AvgIpc) is 3.34. The van der Waals surface area contributed by atoms with E-state index in [9.17, 15) is 4.79 Å². The van der Waals surface area contributed by atoms with Crippen LogP contribution in [0.3, 0.4) is 0 Å². The molecule has 2 aromatic carbocycles. The van der Waals surface area contributed by atoms with Gasteiger partial charge in [-0.1, -0.05) is 18.2 Å². The molecule has 180 valence electrons. The Morgan fingerprint density at radius 2 is 1.71 bits per heavy atom. The number of hydrogen-bond acceptors (Lipinski definition) is 6. The number of carbonyl (C=O) groups is 1. The van der Waals surface area contributed by atoms with Gasteiger partial charge in [0.1, 0.15) is 11.4 Å². The fourth-order valence-corrected chi connectivity index (χ4v) is 3.96. The highest BCUT2D eigenvalue weighted by atomic mass is 16.5. The number of hydrogen-bond donors (Lipinski definition) is 1. The van der Waals surface area contributed by atoms with Crippen molar-refractivity contribution in [2.45, 2.75) is 20.4 Å². The van der Waals surface area contributed by atoms with E-state index in [-0.39, 0.29) is 12.5 Å². The second kappa shape index (κ2) is 10.3. The Morgan fingerprint density at radius 1 is 0.971 bits per heavy atom. The maximum atomic E-state index is 13.4. The van der Waals surface area contributed by atoms with E-state index in [1.54, 1.807) is 44.5 Å². The van der Waals surface area contributed by atoms with Crippen LogP contribution in [0.5, 0.6) is 17.2 Å². The van der Waals surface area contributed by atoms with E-state index in [4.69, 9.17) is 19.3 Å². The number of aryl methyl sites for hydroxylation is 1. The summed E-state index contributed by atoms with van der Waals surface area (Å²) in [5.41, 5.74) is 5.11. The van der Waals surface area contributed by atoms with Gasteiger partial charge in [-0.3, -0.25) is 9.78 Å². The molecular formula is C27H28N4O4. The molecule has 0 spiro atoms. The van der Waals surface area contributed by atoms with Crippen molar-refractivity contribution in [3.8, 4) is 34.2 Å². The first kappa shape index (κ1) is 23.8. The van der Waals surface area contributed by atoms with Gasteiger partial charge in [0.05, 0.1) is 44.8 Å². The number of pyridine rings is 1. The van der Waals surface area contributed by atoms with E-state index in [0.717, 1.165) is 33.8 Å². The number of nitrogens with one attached hydrogen (secondary N) is 1. The van der Waals surface area contributed by atoms with Gasteiger partial charge in [0.25, 0.3) is 5.91 Å². The van der Waals surface area contributed by atoms with Crippen molar-refractivity contribution >= 4 is 5.91 Å². The number of methoxy groups -OCH3 is 3. The number of carbonyl (C=O) groups excluding carboxylic acids is 1. The minimum absolute atomic E-state index is 0.253. The Labute approximate surface area is 204 Å². The lowest BCUT2D eigenvalue weighted by molar-refractivity contribution is 0.0951. The molecule has 0 bridgehead atoms. The molecule has 0 radical (unpaired) electrons. The molecule has 0 aliphatic carbocycles. The highest BCUT2D eigenvalue weighted by molar-refractivity contribution is 6.00. The zero-order valence-electron chi connectivity index (χ0n) is 20.5. The summed E-state index contributed by atoms with van der Waals surface area (Å²) in [6, 6.07) is 15.1. The van der Waals surface area contributed by atoms with E-state index in [1.165, 1.54) is 0 Å². The normalized spacial score (nSPS) is 10.7. The first-order valence-corrected chi connectivity index (χ1v) is 11.1. The molecule has 8 heteroatoms. The quantitative estimate of drug-likeness (QED) is 0.406. The van der Waals surface area contributed by atoms with Crippen LogP contribution < -0.4 is 19.5 Å². The molecule has 0 saturated heterocycles. The van der Waals surface area contributed by atoms with Crippen molar-refractivity contribution < 1.29 is 19.0 Å². The van der Waals surface area contributed by atoms with E-state index in [2.05, 4.69) is 10.3 Å². The lowest BCUT2D eigenvalue weighted by Crippen LogP contribution is -2.24. The molecule has 4 aromatic rings. The van der Waals surface area contributed by atoms with Gasteiger partial charge < -0.3 is 19.5 Å². The third-order valence-electron chi connectivity index (χ3n) is 5.80. The zero-order chi connectivity index (χ0) is 24.9. The van der Waals surface area contributed by atoms with Crippen molar-refractivity contribution in [1.82, 2.24) is 20.1 Å². The maximum Gasteiger partial charge on any atom is 0.255 e. The first-order chi connectivity index (χ1) is 17.0. The molecule has 1 amide bonds. The van der Waals surface area contributed by atoms with Crippen LogP contribution in [0.2, 0.25) is 0 Å². The summed E-state index contributed by atoms with van der Waals surface area (Å²) < 4.78 is 18.0. The van der Waals surface area contributed by atoms with Gasteiger partial charge in [0.2, 0.25) is 0 Å². The summed E-state index contributed by atoms with van der Waals surface area (Å²) in [6.07, 6.45) is 3.47. The second-order valence-corrected chi connectivity index (χ2v) is 7.97. The maximum absolute atomic E-state index is 13.4. The van der Waals surface area contributed by atoms with Gasteiger partial charge in [-0.2, -0.15) is 5.10 Å². The van der Waals surface area contributed by atoms with Crippen molar-refractivity contribution in [3.63, 3.8) is 0 Å². The fraction of sp³-hybridized carbons (Fsp3) is 0.222. The van der Waals surface area contributed by atoms with Crippen molar-refractivity contribution in [3.05, 3.63) is 83.3 Å². The smallest absolute Gasteiger partial charge is 0.255 e. The minimum Gasteiger partial charge on any atom is -0.496 e. The second-order valence-electron chi connectivity index (χ2n) is 7.97. The largest absolute Gasteiger partial charge is 0.496 e. The third kappa shape index (κ3) is 4.82. The van der Waals surface area contributed by atoms with E-state index in [1.807, 2.05) is 56.3 Å². The molecule has 0 aliphatic rings. The van der Waals surface area contributed by atoms with Crippen LogP contribution in [0, 0.1) is 13.8 Å². The Bertz CT molecular complexity index is 1350. The molecule has 0 aliphatic heterocycles. The summed E-state index contributed by atoms with van der Waals surface area (Å²) in [4.78, 5) is 17.9. The molecule has 2 aromatic heterocycles. The Balaban J connectivity index is 1.71. The summed E-state index contributed by atoms with van der Waals surface area (Å²) in [5, 5.41) is 7.72. The molecular weight excluding hydrogens is 444 g/mol. The molecule has 0 unspecified atom stereocenters. The van der Waals surface area contributed by atoms with Gasteiger partial charge in [0, 0.05) is 29.1 Å². The molecule has 35 heavy (non-hydrogen) atoms. The highest BCUT2D eigenvalue weighted by Crippen LogP contribution is 2.33. The number of ether oxygens (including phenoxy) is 3. The van der Waals surface area contributed by atoms with Crippen LogP contribution in [-0.4, -0.2) is 42.0 Å². The number of benzene rings is 2. The van der Waals surface area contributed by atoms with Crippen LogP contribution in [0.25, 0.3) is 16.9 Å². The van der Waals surface area contributed by atoms with Crippen LogP contribution in [-0.2, 0) is 6.54 Å². The van der Waals surface area contributed by atoms with Gasteiger partial charge in [0.15, 0.2) is 11.5 Å². The van der Waals surface area contributed by atoms with Crippen LogP contribution >= 0.6 is 0 Å². The highest BCUT2D eigenvalue weighted by Gasteiger charge is 2.21. The minimum atomic E-state index is -0.266. The summed E-state index contributed by atoms with van der Waals surface area (Å²) in [6.45, 7) is 4.13. The van der Waals surface area contributed by atoms with Crippen LogP contribution in [0.4, 0.5) is 0 Å². The molecule has 1 N–H and O–H groups in total. The first-order valence-electron chi connectivity index (χ1n) is 11.1. The number of amides is 1. The van der Waals surface area contributed by atoms with E-state index >= 15 is 0 Å². The fourth-order valence-electron chi connectivity index (χ4n) is 3.96. The molecule has 2 heterocycles. The average molecular weight is 473 g/mol. The van der Waals surface area contributed by atoms with Crippen molar-refractivity contribution in [2.24, 2.45) is 0 Å². The van der Waals surface area contributed by atoms with Gasteiger partial charge in [-0.15, -0.1) is 0 Å². The van der Waals surface area contributed by atoms with Gasteiger partial charge in [-0.25, -0.2) is 4.68 Å². The monoisotopic (exact) mass is 472 g/mol. The Morgan fingerprint density at radius 3 is 2.40 bits per heavy atom. The number of rotatable bonds is 8. The summed E-state index contributed by atoms with van der Waals surface area (Å²) >= 11 is 0. The molecule has 0 fully saturated rings. The van der Waals surface area contributed by atoms with Gasteiger partial charge >= 0.3 is 0 Å². The third-order valence-corrected chi connectivity index (χ3v) is 5.80. The summed E-state index contributed by atoms with van der Waals surface area (Å²) in [5.74, 6) is 1.65. The zero-order valence-corrected chi connectivity index (χ0v) is 20.5. The summed E-state index contributed by atoms with van der Waals surface area (Å²) in [7, 11) is 4.78. The predicted molar refractivity (Wildman–Crippen MR) is 134 cm³/mol. The molecule has 4 rings (SSSR count). The standard InChI is InChI=1S/C27H28N4O4/c1-17-14-28-22(18(2)26(17)35-5)15-29-27(32)21-16-31(20-9-7-6-8-10-20)30-25(21)19-11-12-23(33-3)24(13-19)34-4/h6-14,16H,15H2,1-5H3,(H,29,32). The number of nitrogens with zero attached hydrogens (tertiary/aromatic N) is 3. The molecule has 0 saturated carbocycles. The predicted octanol–water partition coefficient (Wildman–Crippen LogP) is 4.51. The van der Waals surface area contributed by atoms with Crippen molar-refractivity contribution in [2.75, 3.05) is 21.3 Å². The van der Waals surface area contributed by atoms with Crippen molar-refractivity contribution in [1.29, 1.82) is 0 Å². The van der Waals surface area contributed by atoms with E-state index < -0.39 is 0 Å². The Kier molecular flexibility index (Phi) is 7.01. The molecule has 0 atom stereocenters. The Hall–Kier alpha value is -4.33. The lowest BCUT2D eigenvalue weighted by Gasteiger charge is -2.13. The van der Waals surface area contributed by atoms with Crippen LogP contribution in [0.15, 0.2) is 60.9 Å². The lowest BCUT2D eigenvalue weighted by atomic mass is 10.1. The SMILES string of the molecule is COc1ccc(-c2nn(-c3ccccc3)cc2C(=O)NCc2ncc(C)c(OC)c2C)cc1OC. The molecule has 8 nitrogen and oxygen atoms in total. The number of aromatic nitrogens is 3. The topological polar surface area (TPSA) is 87.5 Å². The van der Waals surface area contributed by atoms with Gasteiger partial charge in [-0.05, 0) is 44.2 Å².